The molecule has 3 heterocycles. The Labute approximate surface area is 218 Å². The predicted octanol–water partition coefficient (Wildman–Crippen LogP) is 7.31. The molecule has 38 heavy (non-hydrogen) atoms. The van der Waals surface area contributed by atoms with E-state index in [2.05, 4.69) is 75.7 Å². The van der Waals surface area contributed by atoms with Crippen LogP contribution < -0.4 is 0 Å². The minimum Gasteiger partial charge on any atom is -0.276 e. The first-order valence-electron chi connectivity index (χ1n) is 12.5. The van der Waals surface area contributed by atoms with Gasteiger partial charge in [0.25, 0.3) is 0 Å². The van der Waals surface area contributed by atoms with Gasteiger partial charge in [-0.2, -0.15) is 0 Å². The van der Waals surface area contributed by atoms with Crippen molar-refractivity contribution in [2.75, 3.05) is 0 Å². The molecule has 5 aromatic carbocycles. The molecule has 0 amide bonds. The second-order valence-electron chi connectivity index (χ2n) is 9.30. The van der Waals surface area contributed by atoms with Crippen molar-refractivity contribution in [2.24, 2.45) is 0 Å². The zero-order valence-corrected chi connectivity index (χ0v) is 20.2. The van der Waals surface area contributed by atoms with Crippen LogP contribution in [0.15, 0.2) is 115 Å². The first-order chi connectivity index (χ1) is 18.8. The van der Waals surface area contributed by atoms with Crippen molar-refractivity contribution in [1.29, 1.82) is 0 Å². The van der Waals surface area contributed by atoms with Crippen LogP contribution in [0.25, 0.3) is 66.9 Å². The van der Waals surface area contributed by atoms with Crippen molar-refractivity contribution in [1.82, 2.24) is 23.9 Å². The van der Waals surface area contributed by atoms with Crippen molar-refractivity contribution >= 4 is 38.7 Å². The van der Waals surface area contributed by atoms with Gasteiger partial charge in [0.2, 0.25) is 11.7 Å². The van der Waals surface area contributed by atoms with Crippen LogP contribution in [0.4, 0.5) is 0 Å². The monoisotopic (exact) mass is 485 g/mol. The van der Waals surface area contributed by atoms with Crippen molar-refractivity contribution in [3.05, 3.63) is 128 Å². The Hall–Kier alpha value is -5.47. The number of para-hydroxylation sites is 3. The van der Waals surface area contributed by atoms with Crippen LogP contribution in [0.2, 0.25) is 0 Å². The Balaban J connectivity index is 1.35. The average Bonchev–Trinajstić information content (AvgIpc) is 3.52. The normalized spacial score (nSPS) is 11.5. The maximum atomic E-state index is 5.00. The van der Waals surface area contributed by atoms with Gasteiger partial charge in [0.1, 0.15) is 0 Å². The van der Waals surface area contributed by atoms with Gasteiger partial charge in [-0.1, -0.05) is 72.8 Å². The molecule has 0 aliphatic heterocycles. The van der Waals surface area contributed by atoms with Crippen LogP contribution >= 0.6 is 0 Å². The Kier molecular flexibility index (Phi) is 4.37. The van der Waals surface area contributed by atoms with E-state index in [0.717, 1.165) is 61.0 Å². The van der Waals surface area contributed by atoms with E-state index in [9.17, 15) is 0 Å². The summed E-state index contributed by atoms with van der Waals surface area (Å²) in [7, 11) is 0. The molecule has 0 radical (unpaired) electrons. The highest BCUT2D eigenvalue weighted by Gasteiger charge is 2.19. The smallest absolute Gasteiger partial charge is 0.237 e. The molecule has 0 spiro atoms. The number of rotatable bonds is 3. The summed E-state index contributed by atoms with van der Waals surface area (Å²) < 4.78 is 4.26. The van der Waals surface area contributed by atoms with Gasteiger partial charge in [0, 0.05) is 11.6 Å². The summed E-state index contributed by atoms with van der Waals surface area (Å²) in [5.74, 6) is 1.40. The maximum absolute atomic E-state index is 5.00. The van der Waals surface area contributed by atoms with Gasteiger partial charge >= 0.3 is 0 Å². The van der Waals surface area contributed by atoms with Gasteiger partial charge in [0.15, 0.2) is 0 Å². The minimum atomic E-state index is 0.605. The third-order valence-corrected chi connectivity index (χ3v) is 7.09. The number of aromatic nitrogens is 5. The molecular weight excluding hydrogens is 466 g/mol. The zero-order valence-electron chi connectivity index (χ0n) is 20.2. The Bertz CT molecular complexity index is 2120. The van der Waals surface area contributed by atoms with E-state index < -0.39 is 0 Å². The Morgan fingerprint density at radius 1 is 0.579 bits per heavy atom. The first kappa shape index (κ1) is 20.7. The number of imidazole rings is 2. The molecule has 5 nitrogen and oxygen atoms in total. The molecule has 0 saturated heterocycles. The SMILES string of the molecule is c1ccc(-c2ccc(-c3ccc4c(c3)n3c5ccccc5nc3n4-c3ncc4ccccc4n3)cc2)cc#1. The third kappa shape index (κ3) is 3.11. The second-order valence-corrected chi connectivity index (χ2v) is 9.30. The van der Waals surface area contributed by atoms with Crippen LogP contribution in [0, 0.1) is 12.1 Å². The number of fused-ring (bicyclic) bond motifs is 6. The number of benzene rings is 4. The number of hydrogen-bond donors (Lipinski definition) is 0. The van der Waals surface area contributed by atoms with Crippen molar-refractivity contribution in [3.63, 3.8) is 0 Å². The summed E-state index contributed by atoms with van der Waals surface area (Å²) in [6.45, 7) is 0. The summed E-state index contributed by atoms with van der Waals surface area (Å²) in [6, 6.07) is 43.3. The Morgan fingerprint density at radius 3 is 2.18 bits per heavy atom. The highest BCUT2D eigenvalue weighted by atomic mass is 15.3. The molecule has 0 bridgehead atoms. The van der Waals surface area contributed by atoms with Crippen LogP contribution in [0.1, 0.15) is 0 Å². The highest BCUT2D eigenvalue weighted by molar-refractivity contribution is 5.94. The van der Waals surface area contributed by atoms with Crippen LogP contribution in [0.5, 0.6) is 0 Å². The standard InChI is InChI=1S/C33H19N5/c1-2-8-22(9-3-1)23-14-16-24(17-15-23)25-18-19-30-31(20-25)37-29-13-7-6-12-28(29)36-33(37)38(30)32-34-21-26-10-4-5-11-27(26)35-32/h2,4-21H. The first-order valence-corrected chi connectivity index (χ1v) is 12.5. The molecular formula is C33H19N5. The quantitative estimate of drug-likeness (QED) is 0.264. The highest BCUT2D eigenvalue weighted by Crippen LogP contribution is 2.32. The van der Waals surface area contributed by atoms with Crippen LogP contribution in [-0.2, 0) is 0 Å². The lowest BCUT2D eigenvalue weighted by molar-refractivity contribution is 0.984. The largest absolute Gasteiger partial charge is 0.276 e. The topological polar surface area (TPSA) is 48.0 Å². The minimum absolute atomic E-state index is 0.605. The van der Waals surface area contributed by atoms with E-state index in [1.807, 2.05) is 60.8 Å². The lowest BCUT2D eigenvalue weighted by Gasteiger charge is -2.07. The van der Waals surface area contributed by atoms with E-state index >= 15 is 0 Å². The fourth-order valence-corrected chi connectivity index (χ4v) is 5.23. The van der Waals surface area contributed by atoms with Gasteiger partial charge in [0.05, 0.1) is 27.6 Å². The van der Waals surface area contributed by atoms with Crippen LogP contribution in [-0.4, -0.2) is 23.9 Å². The third-order valence-electron chi connectivity index (χ3n) is 7.09. The van der Waals surface area contributed by atoms with Crippen LogP contribution in [0.3, 0.4) is 0 Å². The van der Waals surface area contributed by atoms with E-state index in [4.69, 9.17) is 15.0 Å². The van der Waals surface area contributed by atoms with E-state index in [1.165, 1.54) is 0 Å². The molecule has 0 aliphatic rings. The predicted molar refractivity (Wildman–Crippen MR) is 151 cm³/mol. The molecule has 0 fully saturated rings. The van der Waals surface area contributed by atoms with E-state index in [1.54, 1.807) is 0 Å². The summed E-state index contributed by atoms with van der Waals surface area (Å²) in [5, 5.41) is 1.01. The molecule has 0 atom stereocenters. The summed E-state index contributed by atoms with van der Waals surface area (Å²) in [5.41, 5.74) is 9.52. The lowest BCUT2D eigenvalue weighted by atomic mass is 10.0. The van der Waals surface area contributed by atoms with Gasteiger partial charge in [-0.3, -0.25) is 4.40 Å². The molecule has 3 aromatic heterocycles. The molecule has 0 aliphatic carbocycles. The molecule has 8 rings (SSSR count). The van der Waals surface area contributed by atoms with E-state index in [-0.39, 0.29) is 0 Å². The van der Waals surface area contributed by atoms with Crippen molar-refractivity contribution in [2.45, 2.75) is 0 Å². The molecule has 0 saturated carbocycles. The Morgan fingerprint density at radius 2 is 1.34 bits per heavy atom. The zero-order chi connectivity index (χ0) is 25.1. The summed E-state index contributed by atoms with van der Waals surface area (Å²) in [6.07, 6.45) is 1.88. The summed E-state index contributed by atoms with van der Waals surface area (Å²) >= 11 is 0. The fraction of sp³-hybridized carbons (Fsp3) is 0. The van der Waals surface area contributed by atoms with Gasteiger partial charge in [-0.15, -0.1) is 0 Å². The van der Waals surface area contributed by atoms with Gasteiger partial charge in [-0.05, 0) is 70.8 Å². The lowest BCUT2D eigenvalue weighted by Crippen LogP contribution is -2.01. The maximum Gasteiger partial charge on any atom is 0.237 e. The average molecular weight is 486 g/mol. The molecule has 5 heteroatoms. The molecule has 176 valence electrons. The fourth-order valence-electron chi connectivity index (χ4n) is 5.23. The number of nitrogens with zero attached hydrogens (tertiary/aromatic N) is 5. The molecule has 8 aromatic rings. The second kappa shape index (κ2) is 8.02. The summed E-state index contributed by atoms with van der Waals surface area (Å²) in [4.78, 5) is 14.6. The molecule has 0 unspecified atom stereocenters. The molecule has 0 N–H and O–H groups in total. The number of hydrogen-bond acceptors (Lipinski definition) is 3. The van der Waals surface area contributed by atoms with Crippen molar-refractivity contribution < 1.29 is 0 Å². The van der Waals surface area contributed by atoms with Gasteiger partial charge < -0.3 is 0 Å². The van der Waals surface area contributed by atoms with Gasteiger partial charge in [-0.25, -0.2) is 19.5 Å². The van der Waals surface area contributed by atoms with E-state index in [0.29, 0.717) is 5.95 Å². The van der Waals surface area contributed by atoms with Crippen molar-refractivity contribution in [3.8, 4) is 28.2 Å².